The minimum absolute atomic E-state index is 0.716. The Hall–Kier alpha value is -1.56. The van der Waals surface area contributed by atoms with Crippen molar-refractivity contribution in [1.29, 1.82) is 0 Å². The lowest BCUT2D eigenvalue weighted by atomic mass is 9.79. The van der Waals surface area contributed by atoms with Crippen molar-refractivity contribution in [2.24, 2.45) is 5.92 Å². The number of rotatable bonds is 10. The Morgan fingerprint density at radius 1 is 0.625 bits per heavy atom. The summed E-state index contributed by atoms with van der Waals surface area (Å²) in [5.74, 6) is 2.25. The van der Waals surface area contributed by atoms with Gasteiger partial charge in [0.05, 0.1) is 0 Å². The van der Waals surface area contributed by atoms with Crippen molar-refractivity contribution in [1.82, 2.24) is 0 Å². The van der Waals surface area contributed by atoms with E-state index in [1.807, 2.05) is 0 Å². The molecular weight excluding hydrogens is 288 g/mol. The molecule has 0 fully saturated rings. The van der Waals surface area contributed by atoms with Crippen molar-refractivity contribution in [3.05, 3.63) is 71.8 Å². The van der Waals surface area contributed by atoms with Crippen molar-refractivity contribution in [2.45, 2.75) is 71.1 Å². The Bertz CT molecular complexity index is 543. The number of hydrogen-bond acceptors (Lipinski definition) is 0. The van der Waals surface area contributed by atoms with Crippen molar-refractivity contribution < 1.29 is 0 Å². The van der Waals surface area contributed by atoms with Crippen LogP contribution < -0.4 is 0 Å². The van der Waals surface area contributed by atoms with E-state index in [0.29, 0.717) is 5.92 Å². The summed E-state index contributed by atoms with van der Waals surface area (Å²) < 4.78 is 0. The second-order valence-electron chi connectivity index (χ2n) is 7.04. The fourth-order valence-electron chi connectivity index (χ4n) is 4.19. The fraction of sp³-hybridized carbons (Fsp3) is 0.500. The Morgan fingerprint density at radius 2 is 1.21 bits per heavy atom. The monoisotopic (exact) mass is 322 g/mol. The highest BCUT2D eigenvalue weighted by Crippen LogP contribution is 2.35. The molecule has 0 N–H and O–H groups in total. The predicted octanol–water partition coefficient (Wildman–Crippen LogP) is 7.57. The molecule has 0 aliphatic rings. The van der Waals surface area contributed by atoms with E-state index in [2.05, 4.69) is 81.4 Å². The van der Waals surface area contributed by atoms with Crippen molar-refractivity contribution in [3.63, 3.8) is 0 Å². The molecule has 0 aliphatic heterocycles. The molecule has 24 heavy (non-hydrogen) atoms. The maximum Gasteiger partial charge on any atom is -0.0136 e. The van der Waals surface area contributed by atoms with E-state index < -0.39 is 0 Å². The highest BCUT2D eigenvalue weighted by atomic mass is 14.2. The maximum atomic E-state index is 2.37. The minimum Gasteiger partial charge on any atom is -0.0651 e. The molecule has 0 aliphatic carbocycles. The highest BCUT2D eigenvalue weighted by Gasteiger charge is 2.20. The molecule has 3 atom stereocenters. The van der Waals surface area contributed by atoms with Gasteiger partial charge in [-0.3, -0.25) is 0 Å². The zero-order valence-electron chi connectivity index (χ0n) is 15.7. The molecule has 2 aromatic carbocycles. The molecule has 2 aromatic rings. The van der Waals surface area contributed by atoms with Crippen molar-refractivity contribution in [3.8, 4) is 0 Å². The predicted molar refractivity (Wildman–Crippen MR) is 107 cm³/mol. The van der Waals surface area contributed by atoms with Crippen LogP contribution in [0.15, 0.2) is 60.7 Å². The lowest BCUT2D eigenvalue weighted by molar-refractivity contribution is 0.354. The van der Waals surface area contributed by atoms with Crippen LogP contribution in [0.25, 0.3) is 0 Å². The maximum absolute atomic E-state index is 2.37. The van der Waals surface area contributed by atoms with E-state index >= 15 is 0 Å². The Kier molecular flexibility index (Phi) is 8.08. The molecule has 0 nitrogen and oxygen atoms in total. The normalized spacial score (nSPS) is 15.0. The SMILES string of the molecule is CCC(CCCC(CC)C(CC)c1ccccc1)c1ccccc1. The summed E-state index contributed by atoms with van der Waals surface area (Å²) in [4.78, 5) is 0. The molecule has 0 heteroatoms. The first-order valence-corrected chi connectivity index (χ1v) is 9.89. The third-order valence-corrected chi connectivity index (χ3v) is 5.65. The van der Waals surface area contributed by atoms with Crippen LogP contribution in [0.3, 0.4) is 0 Å². The lowest BCUT2D eigenvalue weighted by Crippen LogP contribution is -2.12. The molecule has 130 valence electrons. The largest absolute Gasteiger partial charge is 0.0651 e. The van der Waals surface area contributed by atoms with Gasteiger partial charge < -0.3 is 0 Å². The van der Waals surface area contributed by atoms with Crippen LogP contribution in [0.2, 0.25) is 0 Å². The van der Waals surface area contributed by atoms with E-state index in [-0.39, 0.29) is 0 Å². The first-order chi connectivity index (χ1) is 11.8. The minimum atomic E-state index is 0.716. The Balaban J connectivity index is 1.93. The van der Waals surface area contributed by atoms with E-state index in [9.17, 15) is 0 Å². The van der Waals surface area contributed by atoms with E-state index in [1.54, 1.807) is 0 Å². The zero-order valence-corrected chi connectivity index (χ0v) is 15.7. The summed E-state index contributed by atoms with van der Waals surface area (Å²) in [6.45, 7) is 7.04. The van der Waals surface area contributed by atoms with Gasteiger partial charge in [0, 0.05) is 0 Å². The van der Waals surface area contributed by atoms with Crippen molar-refractivity contribution >= 4 is 0 Å². The van der Waals surface area contributed by atoms with Crippen LogP contribution in [0, 0.1) is 5.92 Å². The van der Waals surface area contributed by atoms with Gasteiger partial charge in [0.25, 0.3) is 0 Å². The second kappa shape index (κ2) is 10.3. The molecule has 0 spiro atoms. The van der Waals surface area contributed by atoms with Gasteiger partial charge in [0.2, 0.25) is 0 Å². The van der Waals surface area contributed by atoms with Gasteiger partial charge in [0.1, 0.15) is 0 Å². The van der Waals surface area contributed by atoms with Gasteiger partial charge in [-0.15, -0.1) is 0 Å². The average Bonchev–Trinajstić information content (AvgIpc) is 2.66. The van der Waals surface area contributed by atoms with Crippen LogP contribution in [0.4, 0.5) is 0 Å². The smallest absolute Gasteiger partial charge is 0.0136 e. The molecule has 3 unspecified atom stereocenters. The quantitative estimate of drug-likeness (QED) is 0.423. The van der Waals surface area contributed by atoms with Crippen LogP contribution in [0.5, 0.6) is 0 Å². The molecule has 0 aromatic heterocycles. The number of hydrogen-bond donors (Lipinski definition) is 0. The lowest BCUT2D eigenvalue weighted by Gasteiger charge is -2.26. The topological polar surface area (TPSA) is 0 Å². The van der Waals surface area contributed by atoms with Crippen LogP contribution >= 0.6 is 0 Å². The van der Waals surface area contributed by atoms with Gasteiger partial charge in [-0.05, 0) is 54.6 Å². The molecule has 0 amide bonds. The standard InChI is InChI=1S/C24H34/c1-4-20(22-14-9-7-10-15-22)18-13-19-21(5-2)24(6-3)23-16-11-8-12-17-23/h7-12,14-17,20-21,24H,4-6,13,18-19H2,1-3H3. The molecular formula is C24H34. The summed E-state index contributed by atoms with van der Waals surface area (Å²) in [5.41, 5.74) is 3.05. The molecule has 0 radical (unpaired) electrons. The van der Waals surface area contributed by atoms with E-state index in [0.717, 1.165) is 11.8 Å². The van der Waals surface area contributed by atoms with Crippen LogP contribution in [0.1, 0.15) is 82.3 Å². The second-order valence-corrected chi connectivity index (χ2v) is 7.04. The molecule has 0 heterocycles. The zero-order chi connectivity index (χ0) is 17.2. The third-order valence-electron chi connectivity index (χ3n) is 5.65. The third kappa shape index (κ3) is 5.23. The first-order valence-electron chi connectivity index (χ1n) is 9.89. The summed E-state index contributed by atoms with van der Waals surface area (Å²) in [5, 5.41) is 0. The molecule has 0 saturated carbocycles. The molecule has 2 rings (SSSR count). The van der Waals surface area contributed by atoms with E-state index in [4.69, 9.17) is 0 Å². The van der Waals surface area contributed by atoms with Crippen LogP contribution in [-0.2, 0) is 0 Å². The average molecular weight is 323 g/mol. The molecule has 0 saturated heterocycles. The Labute approximate surface area is 149 Å². The van der Waals surface area contributed by atoms with Gasteiger partial charge in [-0.2, -0.15) is 0 Å². The summed E-state index contributed by atoms with van der Waals surface area (Å²) in [6.07, 6.45) is 7.80. The summed E-state index contributed by atoms with van der Waals surface area (Å²) in [6, 6.07) is 22.2. The molecule has 0 bridgehead atoms. The summed E-state index contributed by atoms with van der Waals surface area (Å²) >= 11 is 0. The van der Waals surface area contributed by atoms with E-state index in [1.165, 1.54) is 49.7 Å². The first kappa shape index (κ1) is 18.8. The van der Waals surface area contributed by atoms with Crippen molar-refractivity contribution in [2.75, 3.05) is 0 Å². The van der Waals surface area contributed by atoms with Gasteiger partial charge in [-0.1, -0.05) is 94.3 Å². The fourth-order valence-corrected chi connectivity index (χ4v) is 4.19. The summed E-state index contributed by atoms with van der Waals surface area (Å²) in [7, 11) is 0. The number of benzene rings is 2. The van der Waals surface area contributed by atoms with Gasteiger partial charge in [0.15, 0.2) is 0 Å². The van der Waals surface area contributed by atoms with Gasteiger partial charge >= 0.3 is 0 Å². The highest BCUT2D eigenvalue weighted by molar-refractivity contribution is 5.21. The Morgan fingerprint density at radius 3 is 1.71 bits per heavy atom. The van der Waals surface area contributed by atoms with Crippen LogP contribution in [-0.4, -0.2) is 0 Å². The van der Waals surface area contributed by atoms with Gasteiger partial charge in [-0.25, -0.2) is 0 Å².